The number of halogens is 1. The SMILES string of the molecule is COc1ccc(Br)cc1CNn1cnnc1. The fourth-order valence-corrected chi connectivity index (χ4v) is 1.75. The highest BCUT2D eigenvalue weighted by Crippen LogP contribution is 2.22. The lowest BCUT2D eigenvalue weighted by atomic mass is 10.2. The molecule has 16 heavy (non-hydrogen) atoms. The summed E-state index contributed by atoms with van der Waals surface area (Å²) in [4.78, 5) is 0. The number of rotatable bonds is 4. The highest BCUT2D eigenvalue weighted by atomic mass is 79.9. The first kappa shape index (κ1) is 10.9. The molecule has 0 aliphatic heterocycles. The molecule has 2 aromatic rings. The molecule has 0 fully saturated rings. The van der Waals surface area contributed by atoms with E-state index in [1.807, 2.05) is 18.2 Å². The molecule has 84 valence electrons. The van der Waals surface area contributed by atoms with Gasteiger partial charge in [0, 0.05) is 10.0 Å². The van der Waals surface area contributed by atoms with Crippen molar-refractivity contribution in [1.82, 2.24) is 14.9 Å². The summed E-state index contributed by atoms with van der Waals surface area (Å²) >= 11 is 3.43. The number of nitrogens with zero attached hydrogens (tertiary/aromatic N) is 3. The zero-order valence-electron chi connectivity index (χ0n) is 8.72. The Hall–Kier alpha value is -1.56. The molecule has 0 spiro atoms. The number of aromatic nitrogens is 3. The summed E-state index contributed by atoms with van der Waals surface area (Å²) in [5.74, 6) is 0.851. The Morgan fingerprint density at radius 3 is 2.81 bits per heavy atom. The quantitative estimate of drug-likeness (QED) is 0.929. The van der Waals surface area contributed by atoms with Crippen LogP contribution in [-0.4, -0.2) is 22.0 Å². The number of ether oxygens (including phenoxy) is 1. The summed E-state index contributed by atoms with van der Waals surface area (Å²) in [6.07, 6.45) is 3.20. The van der Waals surface area contributed by atoms with E-state index in [0.29, 0.717) is 6.54 Å². The highest BCUT2D eigenvalue weighted by Gasteiger charge is 2.03. The van der Waals surface area contributed by atoms with Crippen molar-refractivity contribution in [2.45, 2.75) is 6.54 Å². The fourth-order valence-electron chi connectivity index (χ4n) is 1.34. The van der Waals surface area contributed by atoms with E-state index in [0.717, 1.165) is 15.8 Å². The van der Waals surface area contributed by atoms with Gasteiger partial charge in [0.2, 0.25) is 0 Å². The molecular weight excluding hydrogens is 272 g/mol. The van der Waals surface area contributed by atoms with Gasteiger partial charge in [0.25, 0.3) is 0 Å². The van der Waals surface area contributed by atoms with Crippen molar-refractivity contribution in [2.24, 2.45) is 0 Å². The maximum absolute atomic E-state index is 5.27. The minimum atomic E-state index is 0.640. The number of hydrogen-bond donors (Lipinski definition) is 1. The van der Waals surface area contributed by atoms with Gasteiger partial charge in [-0.1, -0.05) is 15.9 Å². The molecule has 6 heteroatoms. The Morgan fingerprint density at radius 1 is 1.38 bits per heavy atom. The standard InChI is InChI=1S/C10H11BrN4O/c1-16-10-3-2-9(11)4-8(10)5-14-15-6-12-13-7-15/h2-4,6-7,14H,5H2,1H3. The van der Waals surface area contributed by atoms with E-state index >= 15 is 0 Å². The van der Waals surface area contributed by atoms with Crippen LogP contribution in [0.15, 0.2) is 35.3 Å². The Bertz CT molecular complexity index is 458. The van der Waals surface area contributed by atoms with Crippen LogP contribution in [0.5, 0.6) is 5.75 Å². The van der Waals surface area contributed by atoms with Crippen LogP contribution in [0, 0.1) is 0 Å². The molecule has 1 heterocycles. The largest absolute Gasteiger partial charge is 0.496 e. The summed E-state index contributed by atoms with van der Waals surface area (Å²) in [5, 5.41) is 7.41. The molecule has 0 unspecified atom stereocenters. The molecule has 0 aliphatic rings. The maximum Gasteiger partial charge on any atom is 0.138 e. The molecule has 5 nitrogen and oxygen atoms in total. The minimum Gasteiger partial charge on any atom is -0.496 e. The van der Waals surface area contributed by atoms with Crippen molar-refractivity contribution in [3.8, 4) is 5.75 Å². The van der Waals surface area contributed by atoms with Gasteiger partial charge in [-0.3, -0.25) is 0 Å². The summed E-state index contributed by atoms with van der Waals surface area (Å²) in [6, 6.07) is 5.88. The van der Waals surface area contributed by atoms with Crippen molar-refractivity contribution in [1.29, 1.82) is 0 Å². The van der Waals surface area contributed by atoms with E-state index in [2.05, 4.69) is 31.6 Å². The van der Waals surface area contributed by atoms with Crippen LogP contribution in [-0.2, 0) is 6.54 Å². The Kier molecular flexibility index (Phi) is 3.40. The molecule has 0 saturated heterocycles. The van der Waals surface area contributed by atoms with E-state index in [1.165, 1.54) is 0 Å². The van der Waals surface area contributed by atoms with Crippen molar-refractivity contribution in [3.05, 3.63) is 40.9 Å². The van der Waals surface area contributed by atoms with Crippen LogP contribution in [0.4, 0.5) is 0 Å². The van der Waals surface area contributed by atoms with Crippen LogP contribution in [0.3, 0.4) is 0 Å². The molecule has 1 aromatic carbocycles. The lowest BCUT2D eigenvalue weighted by Crippen LogP contribution is -2.12. The monoisotopic (exact) mass is 282 g/mol. The van der Waals surface area contributed by atoms with Crippen LogP contribution >= 0.6 is 15.9 Å². The van der Waals surface area contributed by atoms with Crippen LogP contribution in [0.1, 0.15) is 5.56 Å². The van der Waals surface area contributed by atoms with E-state index in [-0.39, 0.29) is 0 Å². The summed E-state index contributed by atoms with van der Waals surface area (Å²) in [7, 11) is 1.66. The number of hydrogen-bond acceptors (Lipinski definition) is 4. The molecule has 0 saturated carbocycles. The van der Waals surface area contributed by atoms with Gasteiger partial charge in [-0.15, -0.1) is 10.2 Å². The van der Waals surface area contributed by atoms with Crippen LogP contribution in [0.25, 0.3) is 0 Å². The number of benzene rings is 1. The second-order valence-electron chi connectivity index (χ2n) is 3.16. The molecule has 1 aromatic heterocycles. The molecule has 0 bridgehead atoms. The van der Waals surface area contributed by atoms with E-state index in [4.69, 9.17) is 4.74 Å². The first-order valence-corrected chi connectivity index (χ1v) is 5.50. The predicted octanol–water partition coefficient (Wildman–Crippen LogP) is 1.79. The van der Waals surface area contributed by atoms with Crippen LogP contribution < -0.4 is 10.2 Å². The third-order valence-corrected chi connectivity index (χ3v) is 2.61. The topological polar surface area (TPSA) is 52.0 Å². The summed E-state index contributed by atoms with van der Waals surface area (Å²) in [6.45, 7) is 0.640. The number of nitrogens with one attached hydrogen (secondary N) is 1. The second-order valence-corrected chi connectivity index (χ2v) is 4.08. The van der Waals surface area contributed by atoms with Crippen LogP contribution in [0.2, 0.25) is 0 Å². The molecule has 0 amide bonds. The first-order chi connectivity index (χ1) is 7.79. The van der Waals surface area contributed by atoms with Gasteiger partial charge in [0.15, 0.2) is 0 Å². The average molecular weight is 283 g/mol. The normalized spacial score (nSPS) is 10.1. The smallest absolute Gasteiger partial charge is 0.138 e. The third-order valence-electron chi connectivity index (χ3n) is 2.11. The third kappa shape index (κ3) is 2.52. The van der Waals surface area contributed by atoms with Crippen molar-refractivity contribution >= 4 is 15.9 Å². The van der Waals surface area contributed by atoms with Crippen molar-refractivity contribution < 1.29 is 4.74 Å². The minimum absolute atomic E-state index is 0.640. The van der Waals surface area contributed by atoms with E-state index < -0.39 is 0 Å². The predicted molar refractivity (Wildman–Crippen MR) is 63.8 cm³/mol. The highest BCUT2D eigenvalue weighted by molar-refractivity contribution is 9.10. The zero-order chi connectivity index (χ0) is 11.4. The molecule has 0 atom stereocenters. The molecular formula is C10H11BrN4O. The lowest BCUT2D eigenvalue weighted by Gasteiger charge is -2.10. The van der Waals surface area contributed by atoms with E-state index in [9.17, 15) is 0 Å². The van der Waals surface area contributed by atoms with Gasteiger partial charge in [0.05, 0.1) is 13.7 Å². The van der Waals surface area contributed by atoms with Gasteiger partial charge in [-0.2, -0.15) is 0 Å². The molecule has 2 rings (SSSR count). The second kappa shape index (κ2) is 4.98. The summed E-state index contributed by atoms with van der Waals surface area (Å²) in [5.41, 5.74) is 4.19. The maximum atomic E-state index is 5.27. The first-order valence-electron chi connectivity index (χ1n) is 4.70. The van der Waals surface area contributed by atoms with Gasteiger partial charge in [-0.25, -0.2) is 4.68 Å². The van der Waals surface area contributed by atoms with Crippen molar-refractivity contribution in [3.63, 3.8) is 0 Å². The zero-order valence-corrected chi connectivity index (χ0v) is 10.3. The van der Waals surface area contributed by atoms with Gasteiger partial charge in [0.1, 0.15) is 18.4 Å². The Morgan fingerprint density at radius 2 is 2.12 bits per heavy atom. The van der Waals surface area contributed by atoms with Gasteiger partial charge in [-0.05, 0) is 18.2 Å². The Labute approximate surface area is 102 Å². The number of methoxy groups -OCH3 is 1. The summed E-state index contributed by atoms with van der Waals surface area (Å²) < 4.78 is 7.99. The Balaban J connectivity index is 2.11. The van der Waals surface area contributed by atoms with E-state index in [1.54, 1.807) is 24.4 Å². The van der Waals surface area contributed by atoms with Gasteiger partial charge < -0.3 is 10.2 Å². The van der Waals surface area contributed by atoms with Gasteiger partial charge >= 0.3 is 0 Å². The average Bonchev–Trinajstić information content (AvgIpc) is 2.79. The fraction of sp³-hybridized carbons (Fsp3) is 0.200. The molecule has 1 N–H and O–H groups in total. The van der Waals surface area contributed by atoms with Crippen molar-refractivity contribution in [2.75, 3.05) is 12.5 Å². The molecule has 0 aliphatic carbocycles. The molecule has 0 radical (unpaired) electrons. The lowest BCUT2D eigenvalue weighted by molar-refractivity contribution is 0.409.